The molecular weight excluding hydrogens is 472 g/mol. The van der Waals surface area contributed by atoms with Gasteiger partial charge < -0.3 is 14.2 Å². The Morgan fingerprint density at radius 2 is 1.74 bits per heavy atom. The number of ether oxygens (including phenoxy) is 3. The van der Waals surface area contributed by atoms with Crippen molar-refractivity contribution in [2.24, 2.45) is 5.10 Å². The number of hydrazone groups is 1. The van der Waals surface area contributed by atoms with E-state index in [2.05, 4.69) is 0 Å². The molecule has 3 aromatic carbocycles. The van der Waals surface area contributed by atoms with Crippen LogP contribution >= 0.6 is 23.4 Å². The Balaban J connectivity index is 1.65. The third-order valence-corrected chi connectivity index (χ3v) is 6.81. The average molecular weight is 497 g/mol. The van der Waals surface area contributed by atoms with Crippen LogP contribution < -0.4 is 14.2 Å². The monoisotopic (exact) mass is 496 g/mol. The number of rotatable bonds is 8. The molecule has 34 heavy (non-hydrogen) atoms. The molecule has 176 valence electrons. The second-order valence-corrected chi connectivity index (χ2v) is 9.04. The zero-order valence-electron chi connectivity index (χ0n) is 19.2. The molecule has 0 saturated heterocycles. The van der Waals surface area contributed by atoms with Crippen molar-refractivity contribution in [3.8, 4) is 17.2 Å². The van der Waals surface area contributed by atoms with Gasteiger partial charge in [-0.2, -0.15) is 5.10 Å². The summed E-state index contributed by atoms with van der Waals surface area (Å²) in [4.78, 5) is 14.3. The lowest BCUT2D eigenvalue weighted by Gasteiger charge is -2.24. The van der Waals surface area contributed by atoms with Crippen molar-refractivity contribution in [2.45, 2.75) is 17.4 Å². The molecule has 0 aliphatic carbocycles. The van der Waals surface area contributed by atoms with Crippen LogP contribution in [0, 0.1) is 0 Å². The molecule has 8 heteroatoms. The highest BCUT2D eigenvalue weighted by molar-refractivity contribution is 8.00. The molecule has 0 radical (unpaired) electrons. The van der Waals surface area contributed by atoms with Crippen molar-refractivity contribution >= 4 is 35.0 Å². The molecule has 1 heterocycles. The lowest BCUT2D eigenvalue weighted by atomic mass is 9.97. The Morgan fingerprint density at radius 3 is 2.38 bits per heavy atom. The summed E-state index contributed by atoms with van der Waals surface area (Å²) >= 11 is 7.43. The number of carbonyl (C=O) groups excluding carboxylic acids is 1. The fraction of sp³-hybridized carbons (Fsp3) is 0.231. The molecule has 0 unspecified atom stereocenters. The molecule has 1 aliphatic rings. The number of thioether (sulfide) groups is 1. The SMILES string of the molecule is COc1ccc(C2=NN(C(=O)CSc3ccc(Cl)cc3)[C@H](c3cccc(OC)c3OC)C2)cc1. The van der Waals surface area contributed by atoms with Gasteiger partial charge in [-0.25, -0.2) is 5.01 Å². The second kappa shape index (κ2) is 10.8. The predicted molar refractivity (Wildman–Crippen MR) is 135 cm³/mol. The van der Waals surface area contributed by atoms with Crippen LogP contribution in [-0.2, 0) is 4.79 Å². The molecule has 0 fully saturated rings. The van der Waals surface area contributed by atoms with Crippen LogP contribution in [-0.4, -0.2) is 43.7 Å². The molecule has 0 spiro atoms. The van der Waals surface area contributed by atoms with Crippen LogP contribution in [0.15, 0.2) is 76.7 Å². The van der Waals surface area contributed by atoms with Crippen LogP contribution in [0.4, 0.5) is 0 Å². The third kappa shape index (κ3) is 5.16. The van der Waals surface area contributed by atoms with E-state index in [0.717, 1.165) is 27.5 Å². The Kier molecular flexibility index (Phi) is 7.65. The summed E-state index contributed by atoms with van der Waals surface area (Å²) < 4.78 is 16.4. The van der Waals surface area contributed by atoms with Gasteiger partial charge in [0.15, 0.2) is 11.5 Å². The maximum Gasteiger partial charge on any atom is 0.253 e. The minimum Gasteiger partial charge on any atom is -0.497 e. The first kappa shape index (κ1) is 24.0. The van der Waals surface area contributed by atoms with Crippen molar-refractivity contribution in [1.29, 1.82) is 0 Å². The normalized spacial score (nSPS) is 15.1. The first-order chi connectivity index (χ1) is 16.5. The summed E-state index contributed by atoms with van der Waals surface area (Å²) in [6.45, 7) is 0. The quantitative estimate of drug-likeness (QED) is 0.367. The molecule has 0 saturated carbocycles. The number of benzene rings is 3. The number of para-hydroxylation sites is 1. The van der Waals surface area contributed by atoms with E-state index in [4.69, 9.17) is 30.9 Å². The Morgan fingerprint density at radius 1 is 1.00 bits per heavy atom. The highest BCUT2D eigenvalue weighted by atomic mass is 35.5. The standard InChI is InChI=1S/C26H25ClN2O4S/c1-31-19-11-7-17(8-12-19)22-15-23(21-5-4-6-24(32-2)26(21)33-3)29(28-22)25(30)16-34-20-13-9-18(27)10-14-20/h4-14,23H,15-16H2,1-3H3/t23-/m0/s1. The molecule has 1 amide bonds. The maximum atomic E-state index is 13.4. The molecule has 0 N–H and O–H groups in total. The molecule has 1 atom stereocenters. The van der Waals surface area contributed by atoms with Gasteiger partial charge in [0.2, 0.25) is 0 Å². The van der Waals surface area contributed by atoms with E-state index >= 15 is 0 Å². The molecule has 6 nitrogen and oxygen atoms in total. The summed E-state index contributed by atoms with van der Waals surface area (Å²) in [6, 6.07) is 20.5. The molecule has 3 aromatic rings. The van der Waals surface area contributed by atoms with Crippen LogP contribution in [0.5, 0.6) is 17.2 Å². The maximum absolute atomic E-state index is 13.4. The van der Waals surface area contributed by atoms with E-state index in [1.807, 2.05) is 66.7 Å². The number of halogens is 1. The van der Waals surface area contributed by atoms with Gasteiger partial charge in [-0.3, -0.25) is 4.79 Å². The van der Waals surface area contributed by atoms with E-state index < -0.39 is 0 Å². The lowest BCUT2D eigenvalue weighted by Crippen LogP contribution is -2.28. The van der Waals surface area contributed by atoms with Gasteiger partial charge >= 0.3 is 0 Å². The van der Waals surface area contributed by atoms with Gasteiger partial charge in [0.1, 0.15) is 5.75 Å². The summed E-state index contributed by atoms with van der Waals surface area (Å²) in [5.74, 6) is 2.12. The zero-order valence-corrected chi connectivity index (χ0v) is 20.7. The predicted octanol–water partition coefficient (Wildman–Crippen LogP) is 5.84. The second-order valence-electron chi connectivity index (χ2n) is 7.56. The average Bonchev–Trinajstić information content (AvgIpc) is 3.33. The van der Waals surface area contributed by atoms with Gasteiger partial charge in [-0.1, -0.05) is 23.7 Å². The van der Waals surface area contributed by atoms with Crippen LogP contribution in [0.2, 0.25) is 5.02 Å². The van der Waals surface area contributed by atoms with Gasteiger partial charge in [0.05, 0.1) is 38.8 Å². The number of hydrogen-bond donors (Lipinski definition) is 0. The Labute approximate surface area is 208 Å². The first-order valence-corrected chi connectivity index (χ1v) is 12.0. The minimum absolute atomic E-state index is 0.0988. The topological polar surface area (TPSA) is 60.4 Å². The van der Waals surface area contributed by atoms with Gasteiger partial charge in [-0.15, -0.1) is 11.8 Å². The fourth-order valence-electron chi connectivity index (χ4n) is 3.86. The van der Waals surface area contributed by atoms with Gasteiger partial charge in [0, 0.05) is 21.9 Å². The van der Waals surface area contributed by atoms with Crippen molar-refractivity contribution in [2.75, 3.05) is 27.1 Å². The smallest absolute Gasteiger partial charge is 0.253 e. The highest BCUT2D eigenvalue weighted by Crippen LogP contribution is 2.42. The summed E-state index contributed by atoms with van der Waals surface area (Å²) in [7, 11) is 4.83. The summed E-state index contributed by atoms with van der Waals surface area (Å²) in [6.07, 6.45) is 0.549. The zero-order chi connectivity index (χ0) is 24.1. The van der Waals surface area contributed by atoms with Crippen LogP contribution in [0.1, 0.15) is 23.6 Å². The van der Waals surface area contributed by atoms with Gasteiger partial charge in [-0.05, 0) is 60.2 Å². The van der Waals surface area contributed by atoms with E-state index in [-0.39, 0.29) is 17.7 Å². The number of hydrogen-bond acceptors (Lipinski definition) is 6. The van der Waals surface area contributed by atoms with Crippen molar-refractivity contribution < 1.29 is 19.0 Å². The van der Waals surface area contributed by atoms with E-state index in [9.17, 15) is 4.79 Å². The Bertz CT molecular complexity index is 1180. The fourth-order valence-corrected chi connectivity index (χ4v) is 4.73. The van der Waals surface area contributed by atoms with Gasteiger partial charge in [0.25, 0.3) is 5.91 Å². The molecule has 0 aromatic heterocycles. The molecular formula is C26H25ClN2O4S. The number of nitrogens with zero attached hydrogens (tertiary/aromatic N) is 2. The minimum atomic E-state index is -0.319. The van der Waals surface area contributed by atoms with Crippen molar-refractivity contribution in [3.63, 3.8) is 0 Å². The molecule has 4 rings (SSSR count). The van der Waals surface area contributed by atoms with E-state index in [0.29, 0.717) is 22.9 Å². The van der Waals surface area contributed by atoms with Crippen molar-refractivity contribution in [1.82, 2.24) is 5.01 Å². The lowest BCUT2D eigenvalue weighted by molar-refractivity contribution is -0.130. The third-order valence-electron chi connectivity index (χ3n) is 5.56. The van der Waals surface area contributed by atoms with Crippen LogP contribution in [0.3, 0.4) is 0 Å². The highest BCUT2D eigenvalue weighted by Gasteiger charge is 2.35. The molecule has 0 bridgehead atoms. The largest absolute Gasteiger partial charge is 0.497 e. The summed E-state index contributed by atoms with van der Waals surface area (Å²) in [5, 5.41) is 6.99. The first-order valence-electron chi connectivity index (χ1n) is 10.7. The molecule has 1 aliphatic heterocycles. The summed E-state index contributed by atoms with van der Waals surface area (Å²) in [5.41, 5.74) is 2.61. The number of amides is 1. The number of carbonyl (C=O) groups is 1. The van der Waals surface area contributed by atoms with Crippen molar-refractivity contribution in [3.05, 3.63) is 82.9 Å². The van der Waals surface area contributed by atoms with Crippen LogP contribution in [0.25, 0.3) is 0 Å². The van der Waals surface area contributed by atoms with E-state index in [1.54, 1.807) is 26.3 Å². The number of methoxy groups -OCH3 is 3. The Hall–Kier alpha value is -3.16. The van der Waals surface area contributed by atoms with E-state index in [1.165, 1.54) is 11.8 Å².